The number of carbonyl (C=O) groups excluding carboxylic acids is 2. The smallest absolute Gasteiger partial charge is 0.352 e. The number of phenolic OH excluding ortho intramolecular Hbond substituents is 1. The minimum Gasteiger partial charge on any atom is -0.508 e. The number of nitrogens with two attached hydrogens (primary N) is 1. The van der Waals surface area contributed by atoms with Crippen molar-refractivity contribution in [2.75, 3.05) is 18.6 Å². The molecule has 1 saturated heterocycles. The van der Waals surface area contributed by atoms with Gasteiger partial charge in [0.05, 0.1) is 6.20 Å². The number of aliphatic carboxylic acids is 1. The second-order valence-electron chi connectivity index (χ2n) is 6.82. The summed E-state index contributed by atoms with van der Waals surface area (Å²) in [5.74, 6) is -1.45. The molecule has 1 fully saturated rings. The van der Waals surface area contributed by atoms with Crippen LogP contribution in [0.15, 0.2) is 46.8 Å². The van der Waals surface area contributed by atoms with E-state index in [2.05, 4.69) is 20.7 Å². The normalized spacial score (nSPS) is 20.2. The molecule has 176 valence electrons. The Labute approximate surface area is 196 Å². The fourth-order valence-corrected chi connectivity index (χ4v) is 5.56. The molecule has 0 bridgehead atoms. The Hall–Kier alpha value is -3.07. The van der Waals surface area contributed by atoms with E-state index in [1.165, 1.54) is 58.9 Å². The number of hydrogen-bond acceptors (Lipinski definition) is 10. The summed E-state index contributed by atoms with van der Waals surface area (Å²) in [5, 5.41) is 38.9. The van der Waals surface area contributed by atoms with E-state index in [0.717, 1.165) is 7.11 Å². The van der Waals surface area contributed by atoms with E-state index in [9.17, 15) is 24.6 Å². The Balaban J connectivity index is 0.00000149. The SMILES string of the molecule is CO.N[C@@H](C(=O)NC1C(=O)N2C(C(=O)O)=C(CSc3cn[nH]n3)CS[C@H]12)c1ccc(O)cc1. The van der Waals surface area contributed by atoms with E-state index in [4.69, 9.17) is 10.8 Å². The summed E-state index contributed by atoms with van der Waals surface area (Å²) in [6.45, 7) is 0. The summed E-state index contributed by atoms with van der Waals surface area (Å²) in [5.41, 5.74) is 6.99. The van der Waals surface area contributed by atoms with Crippen LogP contribution < -0.4 is 11.1 Å². The topological polar surface area (TPSA) is 195 Å². The maximum Gasteiger partial charge on any atom is 0.352 e. The van der Waals surface area contributed by atoms with Crippen LogP contribution in [0.25, 0.3) is 0 Å². The van der Waals surface area contributed by atoms with Crippen molar-refractivity contribution in [2.24, 2.45) is 5.73 Å². The van der Waals surface area contributed by atoms with Gasteiger partial charge in [-0.3, -0.25) is 14.5 Å². The Morgan fingerprint density at radius 3 is 2.67 bits per heavy atom. The van der Waals surface area contributed by atoms with Gasteiger partial charge in [-0.2, -0.15) is 10.3 Å². The van der Waals surface area contributed by atoms with Crippen LogP contribution in [0.2, 0.25) is 0 Å². The van der Waals surface area contributed by atoms with Gasteiger partial charge in [-0.15, -0.1) is 16.9 Å². The first-order valence-electron chi connectivity index (χ1n) is 9.55. The van der Waals surface area contributed by atoms with Gasteiger partial charge in [0.25, 0.3) is 5.91 Å². The lowest BCUT2D eigenvalue weighted by atomic mass is 10.0. The average molecular weight is 495 g/mol. The summed E-state index contributed by atoms with van der Waals surface area (Å²) < 4.78 is 0. The molecule has 12 nitrogen and oxygen atoms in total. The van der Waals surface area contributed by atoms with Crippen LogP contribution in [-0.4, -0.2) is 83.4 Å². The van der Waals surface area contributed by atoms with Crippen molar-refractivity contribution in [3.8, 4) is 5.75 Å². The number of amides is 2. The first-order chi connectivity index (χ1) is 15.9. The van der Waals surface area contributed by atoms with Gasteiger partial charge in [-0.25, -0.2) is 4.79 Å². The van der Waals surface area contributed by atoms with Crippen molar-refractivity contribution in [1.82, 2.24) is 25.6 Å². The third-order valence-electron chi connectivity index (χ3n) is 4.87. The molecule has 0 spiro atoms. The summed E-state index contributed by atoms with van der Waals surface area (Å²) in [4.78, 5) is 38.4. The number of nitrogens with one attached hydrogen (secondary N) is 2. The molecule has 14 heteroatoms. The molecule has 1 aromatic heterocycles. The van der Waals surface area contributed by atoms with Crippen LogP contribution in [0.1, 0.15) is 11.6 Å². The molecule has 4 rings (SSSR count). The number of aromatic hydroxyl groups is 1. The molecule has 0 aliphatic carbocycles. The van der Waals surface area contributed by atoms with Crippen LogP contribution in [0, 0.1) is 0 Å². The van der Waals surface area contributed by atoms with Crippen molar-refractivity contribution >= 4 is 41.3 Å². The standard InChI is InChI=1S/C18H18N6O5S2.CH4O/c19-12(8-1-3-10(25)4-2-8)15(26)21-13-16(27)24-14(18(28)29)9(7-31-17(13)24)6-30-11-5-20-23-22-11;1-2/h1-5,12-13,17,25H,6-7,19H2,(H,21,26)(H,28,29)(H,20,22,23);2H,1H3/t12-,13?,17-;/m1./s1. The van der Waals surface area contributed by atoms with Crippen LogP contribution >= 0.6 is 23.5 Å². The molecule has 0 radical (unpaired) electrons. The van der Waals surface area contributed by atoms with E-state index in [-0.39, 0.29) is 11.4 Å². The van der Waals surface area contributed by atoms with Crippen LogP contribution in [0.4, 0.5) is 0 Å². The number of nitrogens with zero attached hydrogens (tertiary/aromatic N) is 3. The molecule has 1 aromatic carbocycles. The Kier molecular flexibility index (Phi) is 7.97. The highest BCUT2D eigenvalue weighted by Gasteiger charge is 2.54. The zero-order valence-electron chi connectivity index (χ0n) is 17.3. The first-order valence-corrected chi connectivity index (χ1v) is 11.6. The maximum absolute atomic E-state index is 12.7. The number of β-lactam (4-membered cyclic amide) rings is 1. The predicted molar refractivity (Wildman–Crippen MR) is 120 cm³/mol. The van der Waals surface area contributed by atoms with E-state index >= 15 is 0 Å². The second-order valence-corrected chi connectivity index (χ2v) is 8.92. The number of carboxylic acid groups (broad SMARTS) is 1. The van der Waals surface area contributed by atoms with Crippen molar-refractivity contribution in [2.45, 2.75) is 22.5 Å². The van der Waals surface area contributed by atoms with E-state index < -0.39 is 35.2 Å². The monoisotopic (exact) mass is 494 g/mol. The fourth-order valence-electron chi connectivity index (χ4n) is 3.29. The molecule has 3 atom stereocenters. The molecule has 2 amide bonds. The number of hydrogen-bond donors (Lipinski definition) is 6. The highest BCUT2D eigenvalue weighted by atomic mass is 32.2. The molecule has 33 heavy (non-hydrogen) atoms. The van der Waals surface area contributed by atoms with Crippen LogP contribution in [0.3, 0.4) is 0 Å². The largest absolute Gasteiger partial charge is 0.508 e. The predicted octanol–water partition coefficient (Wildman–Crippen LogP) is -0.350. The summed E-state index contributed by atoms with van der Waals surface area (Å²) >= 11 is 2.70. The lowest BCUT2D eigenvalue weighted by Gasteiger charge is -2.49. The molecule has 3 heterocycles. The highest BCUT2D eigenvalue weighted by Crippen LogP contribution is 2.41. The summed E-state index contributed by atoms with van der Waals surface area (Å²) in [6.07, 6.45) is 1.53. The van der Waals surface area contributed by atoms with Crippen molar-refractivity contribution in [3.05, 3.63) is 47.3 Å². The number of thioether (sulfide) groups is 2. The fraction of sp³-hybridized carbons (Fsp3) is 0.316. The number of aliphatic hydroxyl groups excluding tert-OH is 1. The van der Waals surface area contributed by atoms with Gasteiger partial charge in [0.1, 0.15) is 33.9 Å². The Morgan fingerprint density at radius 1 is 1.36 bits per heavy atom. The molecule has 2 aromatic rings. The van der Waals surface area contributed by atoms with E-state index in [1.54, 1.807) is 0 Å². The number of carbonyl (C=O) groups is 3. The minimum atomic E-state index is -1.19. The third kappa shape index (κ3) is 5.13. The number of H-pyrrole nitrogens is 1. The van der Waals surface area contributed by atoms with E-state index in [1.807, 2.05) is 0 Å². The minimum absolute atomic E-state index is 0.0466. The number of aliphatic hydroxyl groups is 1. The average Bonchev–Trinajstić information content (AvgIpc) is 3.35. The van der Waals surface area contributed by atoms with Gasteiger partial charge < -0.3 is 26.4 Å². The molecule has 0 saturated carbocycles. The van der Waals surface area contributed by atoms with Crippen LogP contribution in [0.5, 0.6) is 5.75 Å². The number of phenols is 1. The molecule has 1 unspecified atom stereocenters. The third-order valence-corrected chi connectivity index (χ3v) is 7.19. The summed E-state index contributed by atoms with van der Waals surface area (Å²) in [7, 11) is 1.00. The van der Waals surface area contributed by atoms with Gasteiger partial charge >= 0.3 is 5.97 Å². The van der Waals surface area contributed by atoms with Gasteiger partial charge in [0, 0.05) is 18.6 Å². The van der Waals surface area contributed by atoms with Gasteiger partial charge in [-0.1, -0.05) is 23.9 Å². The van der Waals surface area contributed by atoms with Gasteiger partial charge in [0.15, 0.2) is 0 Å². The maximum atomic E-state index is 12.7. The molecular formula is C19H22N6O6S2. The number of aromatic nitrogens is 3. The van der Waals surface area contributed by atoms with Gasteiger partial charge in [0.2, 0.25) is 5.91 Å². The summed E-state index contributed by atoms with van der Waals surface area (Å²) in [6, 6.07) is 3.98. The van der Waals surface area contributed by atoms with Crippen molar-refractivity contribution in [3.63, 3.8) is 0 Å². The molecule has 7 N–H and O–H groups in total. The van der Waals surface area contributed by atoms with Crippen molar-refractivity contribution < 1.29 is 29.7 Å². The zero-order valence-corrected chi connectivity index (χ0v) is 19.0. The van der Waals surface area contributed by atoms with Gasteiger partial charge in [-0.05, 0) is 23.3 Å². The van der Waals surface area contributed by atoms with Crippen molar-refractivity contribution in [1.29, 1.82) is 0 Å². The lowest BCUT2D eigenvalue weighted by Crippen LogP contribution is -2.71. The molecule has 2 aliphatic heterocycles. The quantitative estimate of drug-likeness (QED) is 0.217. The first kappa shape index (κ1) is 24.6. The zero-order chi connectivity index (χ0) is 24.1. The number of carboxylic acids is 1. The lowest BCUT2D eigenvalue weighted by molar-refractivity contribution is -0.150. The van der Waals surface area contributed by atoms with Crippen LogP contribution in [-0.2, 0) is 14.4 Å². The molecular weight excluding hydrogens is 472 g/mol. The van der Waals surface area contributed by atoms with E-state index in [0.29, 0.717) is 27.7 Å². The Morgan fingerprint density at radius 2 is 2.06 bits per heavy atom. The number of aromatic amines is 1. The second kappa shape index (κ2) is 10.7. The number of benzene rings is 1. The Bertz CT molecular complexity index is 1050. The molecule has 2 aliphatic rings. The number of fused-ring (bicyclic) bond motifs is 1. The highest BCUT2D eigenvalue weighted by molar-refractivity contribution is 8.01. The number of rotatable bonds is 7.